The molecule has 1 N–H and O–H groups in total. The fourth-order valence-corrected chi connectivity index (χ4v) is 3.16. The van der Waals surface area contributed by atoms with Gasteiger partial charge in [0.2, 0.25) is 0 Å². The Bertz CT molecular complexity index is 1090. The van der Waals surface area contributed by atoms with Gasteiger partial charge in [0.25, 0.3) is 5.91 Å². The average Bonchev–Trinajstić information content (AvgIpc) is 3.10. The molecule has 0 fully saturated rings. The third-order valence-corrected chi connectivity index (χ3v) is 4.52. The molecule has 0 unspecified atom stereocenters. The lowest BCUT2D eigenvalue weighted by atomic mass is 10.2. The van der Waals surface area contributed by atoms with Gasteiger partial charge < -0.3 is 19.5 Å². The number of esters is 1. The first kappa shape index (κ1) is 19.5. The van der Waals surface area contributed by atoms with Crippen molar-refractivity contribution in [1.82, 2.24) is 9.78 Å². The van der Waals surface area contributed by atoms with Gasteiger partial charge in [-0.05, 0) is 56.3 Å². The fraction of sp³-hybridized carbons (Fsp3) is 0.227. The van der Waals surface area contributed by atoms with E-state index >= 15 is 0 Å². The Morgan fingerprint density at radius 3 is 2.47 bits per heavy atom. The third-order valence-electron chi connectivity index (χ3n) is 4.52. The van der Waals surface area contributed by atoms with Gasteiger partial charge in [-0.25, -0.2) is 9.48 Å². The summed E-state index contributed by atoms with van der Waals surface area (Å²) in [7, 11) is 0. The number of aromatic nitrogens is 2. The van der Waals surface area contributed by atoms with Gasteiger partial charge in [-0.3, -0.25) is 4.79 Å². The molecule has 8 nitrogen and oxygen atoms in total. The molecular formula is C22H21N3O5. The first-order chi connectivity index (χ1) is 14.5. The summed E-state index contributed by atoms with van der Waals surface area (Å²) in [6.07, 6.45) is 0. The van der Waals surface area contributed by atoms with E-state index in [0.29, 0.717) is 36.0 Å². The van der Waals surface area contributed by atoms with Gasteiger partial charge in [0.1, 0.15) is 13.2 Å². The molecule has 1 amide bonds. The van der Waals surface area contributed by atoms with Crippen LogP contribution in [0.5, 0.6) is 11.5 Å². The number of hydrogen-bond donors (Lipinski definition) is 1. The first-order valence-electron chi connectivity index (χ1n) is 9.50. The Labute approximate surface area is 173 Å². The molecule has 2 heterocycles. The standard InChI is InChI=1S/C22H21N3O5/c1-14-11-15(2)25(24-14)18-6-3-16(4-7-18)22(27)30-13-21(26)23-17-5-8-19-20(12-17)29-10-9-28-19/h3-8,11-12H,9-10,13H2,1-2H3,(H,23,26). The van der Waals surface area contributed by atoms with Crippen LogP contribution in [0.15, 0.2) is 48.5 Å². The Kier molecular flexibility index (Phi) is 5.38. The van der Waals surface area contributed by atoms with Crippen molar-refractivity contribution >= 4 is 17.6 Å². The minimum absolute atomic E-state index is 0.354. The van der Waals surface area contributed by atoms with Crippen molar-refractivity contribution in [1.29, 1.82) is 0 Å². The quantitative estimate of drug-likeness (QED) is 0.654. The van der Waals surface area contributed by atoms with E-state index in [1.807, 2.05) is 19.9 Å². The molecule has 0 aliphatic carbocycles. The summed E-state index contributed by atoms with van der Waals surface area (Å²) >= 11 is 0. The highest BCUT2D eigenvalue weighted by molar-refractivity contribution is 5.95. The van der Waals surface area contributed by atoms with Gasteiger partial charge in [-0.1, -0.05) is 0 Å². The van der Waals surface area contributed by atoms with Gasteiger partial charge in [0, 0.05) is 17.4 Å². The number of anilines is 1. The highest BCUT2D eigenvalue weighted by atomic mass is 16.6. The molecule has 0 saturated carbocycles. The molecule has 154 valence electrons. The summed E-state index contributed by atoms with van der Waals surface area (Å²) in [5.74, 6) is 0.180. The Balaban J connectivity index is 1.33. The van der Waals surface area contributed by atoms with Crippen molar-refractivity contribution in [3.05, 3.63) is 65.5 Å². The van der Waals surface area contributed by atoms with Crippen LogP contribution in [0.2, 0.25) is 0 Å². The van der Waals surface area contributed by atoms with E-state index in [4.69, 9.17) is 14.2 Å². The maximum Gasteiger partial charge on any atom is 0.338 e. The summed E-state index contributed by atoms with van der Waals surface area (Å²) in [5, 5.41) is 7.09. The van der Waals surface area contributed by atoms with E-state index in [-0.39, 0.29) is 0 Å². The highest BCUT2D eigenvalue weighted by Crippen LogP contribution is 2.32. The number of rotatable bonds is 5. The molecule has 2 aromatic carbocycles. The van der Waals surface area contributed by atoms with E-state index in [9.17, 15) is 9.59 Å². The number of carbonyl (C=O) groups excluding carboxylic acids is 2. The van der Waals surface area contributed by atoms with E-state index in [1.54, 1.807) is 47.1 Å². The molecule has 1 aliphatic heterocycles. The van der Waals surface area contributed by atoms with Crippen LogP contribution in [0, 0.1) is 13.8 Å². The Hall–Kier alpha value is -3.81. The summed E-state index contributed by atoms with van der Waals surface area (Å²) in [5.41, 5.74) is 3.65. The van der Waals surface area contributed by atoms with Crippen LogP contribution in [0.3, 0.4) is 0 Å². The zero-order valence-corrected chi connectivity index (χ0v) is 16.7. The monoisotopic (exact) mass is 407 g/mol. The summed E-state index contributed by atoms with van der Waals surface area (Å²) in [6, 6.07) is 13.9. The van der Waals surface area contributed by atoms with Crippen LogP contribution in [-0.4, -0.2) is 41.5 Å². The second-order valence-corrected chi connectivity index (χ2v) is 6.87. The number of hydrogen-bond acceptors (Lipinski definition) is 6. The molecule has 1 aliphatic rings. The molecule has 0 bridgehead atoms. The van der Waals surface area contributed by atoms with E-state index in [1.165, 1.54) is 0 Å². The maximum absolute atomic E-state index is 12.3. The zero-order chi connectivity index (χ0) is 21.1. The van der Waals surface area contributed by atoms with E-state index in [2.05, 4.69) is 10.4 Å². The van der Waals surface area contributed by atoms with Crippen molar-refractivity contribution in [3.8, 4) is 17.2 Å². The SMILES string of the molecule is Cc1cc(C)n(-c2ccc(C(=O)OCC(=O)Nc3ccc4c(c3)OCCO4)cc2)n1. The summed E-state index contributed by atoms with van der Waals surface area (Å²) in [6.45, 7) is 4.44. The fourth-order valence-electron chi connectivity index (χ4n) is 3.16. The van der Waals surface area contributed by atoms with Gasteiger partial charge in [-0.2, -0.15) is 5.10 Å². The van der Waals surface area contributed by atoms with Crippen LogP contribution in [0.1, 0.15) is 21.7 Å². The van der Waals surface area contributed by atoms with Crippen molar-refractivity contribution in [3.63, 3.8) is 0 Å². The molecule has 0 saturated heterocycles. The summed E-state index contributed by atoms with van der Waals surface area (Å²) < 4.78 is 17.8. The molecule has 30 heavy (non-hydrogen) atoms. The zero-order valence-electron chi connectivity index (χ0n) is 16.7. The van der Waals surface area contributed by atoms with Crippen molar-refractivity contribution in [2.45, 2.75) is 13.8 Å². The van der Waals surface area contributed by atoms with Crippen molar-refractivity contribution < 1.29 is 23.8 Å². The number of amides is 1. The molecule has 0 spiro atoms. The van der Waals surface area contributed by atoms with Crippen LogP contribution >= 0.6 is 0 Å². The molecule has 1 aromatic heterocycles. The Morgan fingerprint density at radius 1 is 1.03 bits per heavy atom. The number of benzene rings is 2. The molecule has 3 aromatic rings. The van der Waals surface area contributed by atoms with Gasteiger partial charge in [-0.15, -0.1) is 0 Å². The molecule has 4 rings (SSSR count). The van der Waals surface area contributed by atoms with Gasteiger partial charge in [0.05, 0.1) is 16.9 Å². The summed E-state index contributed by atoms with van der Waals surface area (Å²) in [4.78, 5) is 24.4. The minimum Gasteiger partial charge on any atom is -0.486 e. The number of aryl methyl sites for hydroxylation is 2. The number of carbonyl (C=O) groups is 2. The number of fused-ring (bicyclic) bond motifs is 1. The van der Waals surface area contributed by atoms with Crippen LogP contribution < -0.4 is 14.8 Å². The predicted octanol–water partition coefficient (Wildman–Crippen LogP) is 3.06. The van der Waals surface area contributed by atoms with Crippen LogP contribution in [-0.2, 0) is 9.53 Å². The largest absolute Gasteiger partial charge is 0.486 e. The topological polar surface area (TPSA) is 91.7 Å². The molecule has 0 radical (unpaired) electrons. The Morgan fingerprint density at radius 2 is 1.77 bits per heavy atom. The lowest BCUT2D eigenvalue weighted by Gasteiger charge is -2.19. The first-order valence-corrected chi connectivity index (χ1v) is 9.50. The van der Waals surface area contributed by atoms with E-state index in [0.717, 1.165) is 17.1 Å². The maximum atomic E-state index is 12.3. The number of ether oxygens (including phenoxy) is 3. The average molecular weight is 407 g/mol. The number of nitrogens with zero attached hydrogens (tertiary/aromatic N) is 2. The van der Waals surface area contributed by atoms with Gasteiger partial charge in [0.15, 0.2) is 18.1 Å². The minimum atomic E-state index is -0.577. The molecular weight excluding hydrogens is 386 g/mol. The van der Waals surface area contributed by atoms with Crippen molar-refractivity contribution in [2.75, 3.05) is 25.1 Å². The van der Waals surface area contributed by atoms with Crippen LogP contribution in [0.25, 0.3) is 5.69 Å². The number of nitrogens with one attached hydrogen (secondary N) is 1. The highest BCUT2D eigenvalue weighted by Gasteiger charge is 2.14. The van der Waals surface area contributed by atoms with Crippen LogP contribution in [0.4, 0.5) is 5.69 Å². The molecule has 0 atom stereocenters. The second kappa shape index (κ2) is 8.28. The normalized spacial score (nSPS) is 12.3. The van der Waals surface area contributed by atoms with Crippen molar-refractivity contribution in [2.24, 2.45) is 0 Å². The lowest BCUT2D eigenvalue weighted by Crippen LogP contribution is -2.21. The molecule has 8 heteroatoms. The lowest BCUT2D eigenvalue weighted by molar-refractivity contribution is -0.119. The smallest absolute Gasteiger partial charge is 0.338 e. The van der Waals surface area contributed by atoms with Gasteiger partial charge >= 0.3 is 5.97 Å². The predicted molar refractivity (Wildman–Crippen MR) is 109 cm³/mol. The third kappa shape index (κ3) is 4.27. The second-order valence-electron chi connectivity index (χ2n) is 6.87. The van der Waals surface area contributed by atoms with E-state index < -0.39 is 18.5 Å².